The number of allylic oxidation sites excluding steroid dienone is 4. The van der Waals surface area contributed by atoms with Gasteiger partial charge in [-0.05, 0) is 76.5 Å². The van der Waals surface area contributed by atoms with Crippen LogP contribution in [0.5, 0.6) is 5.75 Å². The average Bonchev–Trinajstić information content (AvgIpc) is 2.89. The van der Waals surface area contributed by atoms with Crippen LogP contribution in [0.15, 0.2) is 53.8 Å². The fraction of sp³-hybridized carbons (Fsp3) is 0.478. The number of rotatable bonds is 3. The predicted molar refractivity (Wildman–Crippen MR) is 119 cm³/mol. The summed E-state index contributed by atoms with van der Waals surface area (Å²) in [6.07, 6.45) is 9.90. The average molecular weight is 499 g/mol. The molecule has 0 amide bonds. The van der Waals surface area contributed by atoms with E-state index in [-0.39, 0.29) is 11.2 Å². The van der Waals surface area contributed by atoms with Crippen LogP contribution in [-0.2, 0) is 0 Å². The van der Waals surface area contributed by atoms with Crippen molar-refractivity contribution in [1.29, 1.82) is 0 Å². The van der Waals surface area contributed by atoms with Gasteiger partial charge in [-0.3, -0.25) is 0 Å². The maximum atomic E-state index is 13.3. The molecule has 1 heterocycles. The zero-order valence-corrected chi connectivity index (χ0v) is 18.7. The van der Waals surface area contributed by atoms with Crippen molar-refractivity contribution in [2.45, 2.75) is 62.9 Å². The molecule has 1 unspecified atom stereocenters. The Morgan fingerprint density at radius 3 is 2.68 bits per heavy atom. The lowest BCUT2D eigenvalue weighted by Gasteiger charge is -2.35. The van der Waals surface area contributed by atoms with Crippen LogP contribution in [0, 0.1) is 5.41 Å². The minimum atomic E-state index is -3.22. The molecule has 3 rings (SSSR count). The van der Waals surface area contributed by atoms with Crippen molar-refractivity contribution in [2.75, 3.05) is 0 Å². The lowest BCUT2D eigenvalue weighted by molar-refractivity contribution is -0.0691. The fourth-order valence-corrected chi connectivity index (χ4v) is 4.72. The first-order chi connectivity index (χ1) is 13.2. The summed E-state index contributed by atoms with van der Waals surface area (Å²) in [5, 5.41) is 3.69. The first-order valence-electron chi connectivity index (χ1n) is 9.89. The molecule has 0 saturated heterocycles. The van der Waals surface area contributed by atoms with Crippen molar-refractivity contribution in [3.8, 4) is 5.75 Å². The van der Waals surface area contributed by atoms with Crippen LogP contribution in [0.4, 0.5) is 8.78 Å². The zero-order valence-electron chi connectivity index (χ0n) is 16.6. The molecule has 1 saturated carbocycles. The number of nitrogens with one attached hydrogen (secondary N) is 1. The molecular formula is C23H28F2INO. The molecule has 2 nitrogen and oxygen atoms in total. The summed E-state index contributed by atoms with van der Waals surface area (Å²) >= 11 is 0.997. The molecule has 1 N–H and O–H groups in total. The van der Waals surface area contributed by atoms with Crippen LogP contribution in [0.3, 0.4) is 0 Å². The normalized spacial score (nSPS) is 25.5. The molecular weight excluding hydrogens is 471 g/mol. The first kappa shape index (κ1) is 21.3. The van der Waals surface area contributed by atoms with Gasteiger partial charge in [0.05, 0.1) is 22.6 Å². The van der Waals surface area contributed by atoms with Gasteiger partial charge in [0, 0.05) is 22.4 Å². The summed E-state index contributed by atoms with van der Waals surface area (Å²) in [4.78, 5) is 0. The SMILES string of the molecule is C=C1CCCC2(CC1)CCC(C)=C(c1cccc(OC(F)(F)I)c1)NC2=CC. The third-order valence-corrected chi connectivity index (χ3v) is 6.24. The number of hydrogen-bond acceptors (Lipinski definition) is 2. The Labute approximate surface area is 180 Å². The Morgan fingerprint density at radius 1 is 1.21 bits per heavy atom. The molecule has 152 valence electrons. The number of hydrogen-bond donors (Lipinski definition) is 1. The summed E-state index contributed by atoms with van der Waals surface area (Å²) in [5.74, 6) is 0.172. The Morgan fingerprint density at radius 2 is 1.96 bits per heavy atom. The van der Waals surface area contributed by atoms with E-state index >= 15 is 0 Å². The topological polar surface area (TPSA) is 21.3 Å². The minimum absolute atomic E-state index is 0.139. The fourth-order valence-electron chi connectivity index (χ4n) is 4.47. The van der Waals surface area contributed by atoms with Gasteiger partial charge < -0.3 is 10.1 Å². The summed E-state index contributed by atoms with van der Waals surface area (Å²) in [5.41, 5.74) is 5.88. The maximum Gasteiger partial charge on any atom is 0.451 e. The van der Waals surface area contributed by atoms with Crippen molar-refractivity contribution in [1.82, 2.24) is 5.32 Å². The van der Waals surface area contributed by atoms with E-state index in [1.807, 2.05) is 6.07 Å². The standard InChI is InChI=1S/C23H28F2INO/c1-4-20-22(12-6-7-16(2)10-13-22)14-11-17(3)21(27-20)18-8-5-9-19(15-18)28-23(24,25)26/h4-5,8-9,15,27H,2,6-7,10-14H2,1,3H3. The van der Waals surface area contributed by atoms with Crippen LogP contribution in [-0.4, -0.2) is 4.12 Å². The van der Waals surface area contributed by atoms with E-state index in [0.717, 1.165) is 72.4 Å². The van der Waals surface area contributed by atoms with Crippen LogP contribution in [0.1, 0.15) is 64.4 Å². The molecule has 5 heteroatoms. The van der Waals surface area contributed by atoms with Crippen molar-refractivity contribution >= 4 is 28.3 Å². The van der Waals surface area contributed by atoms with Gasteiger partial charge >= 0.3 is 4.12 Å². The van der Waals surface area contributed by atoms with E-state index in [4.69, 9.17) is 4.74 Å². The molecule has 1 aliphatic heterocycles. The van der Waals surface area contributed by atoms with Gasteiger partial charge in [-0.25, -0.2) is 0 Å². The lowest BCUT2D eigenvalue weighted by Crippen LogP contribution is -2.29. The second kappa shape index (κ2) is 8.56. The first-order valence-corrected chi connectivity index (χ1v) is 11.0. The Kier molecular flexibility index (Phi) is 6.52. The molecule has 1 aromatic carbocycles. The molecule has 28 heavy (non-hydrogen) atoms. The highest BCUT2D eigenvalue weighted by Gasteiger charge is 2.37. The summed E-state index contributed by atoms with van der Waals surface area (Å²) in [7, 11) is 0. The van der Waals surface area contributed by atoms with Crippen molar-refractivity contribution in [3.05, 3.63) is 59.3 Å². The monoisotopic (exact) mass is 499 g/mol. The van der Waals surface area contributed by atoms with E-state index in [0.29, 0.717) is 0 Å². The Hall–Kier alpha value is -1.37. The van der Waals surface area contributed by atoms with Crippen molar-refractivity contribution in [2.24, 2.45) is 5.41 Å². The van der Waals surface area contributed by atoms with Gasteiger partial charge in [-0.1, -0.05) is 30.4 Å². The summed E-state index contributed by atoms with van der Waals surface area (Å²) in [6, 6.07) is 6.97. The van der Waals surface area contributed by atoms with Gasteiger partial charge in [0.25, 0.3) is 0 Å². The smallest absolute Gasteiger partial charge is 0.425 e. The second-order valence-corrected chi connectivity index (χ2v) is 9.20. The third kappa shape index (κ3) is 4.97. The predicted octanol–water partition coefficient (Wildman–Crippen LogP) is 7.58. The molecule has 0 bridgehead atoms. The molecule has 1 fully saturated rings. The Bertz CT molecular complexity index is 809. The highest BCUT2D eigenvalue weighted by atomic mass is 127. The van der Waals surface area contributed by atoms with Crippen LogP contribution in [0.2, 0.25) is 0 Å². The number of alkyl halides is 3. The Balaban J connectivity index is 1.91. The van der Waals surface area contributed by atoms with Gasteiger partial charge in [0.15, 0.2) is 0 Å². The maximum absolute atomic E-state index is 13.3. The van der Waals surface area contributed by atoms with Gasteiger partial charge in [-0.15, -0.1) is 0 Å². The zero-order chi connectivity index (χ0) is 20.4. The number of benzene rings is 1. The molecule has 0 radical (unpaired) electrons. The van der Waals surface area contributed by atoms with Crippen LogP contribution < -0.4 is 10.1 Å². The molecule has 1 spiro atoms. The quantitative estimate of drug-likeness (QED) is 0.263. The van der Waals surface area contributed by atoms with E-state index in [2.05, 4.69) is 31.8 Å². The largest absolute Gasteiger partial charge is 0.451 e. The second-order valence-electron chi connectivity index (χ2n) is 7.94. The van der Waals surface area contributed by atoms with Crippen molar-refractivity contribution < 1.29 is 13.5 Å². The highest BCUT2D eigenvalue weighted by Crippen LogP contribution is 2.48. The molecule has 0 aromatic heterocycles. The highest BCUT2D eigenvalue weighted by molar-refractivity contribution is 14.1. The molecule has 1 atom stereocenters. The van der Waals surface area contributed by atoms with E-state index < -0.39 is 4.12 Å². The molecule has 1 aliphatic carbocycles. The van der Waals surface area contributed by atoms with Gasteiger partial charge in [0.1, 0.15) is 5.75 Å². The lowest BCUT2D eigenvalue weighted by atomic mass is 9.73. The van der Waals surface area contributed by atoms with Crippen LogP contribution in [0.25, 0.3) is 5.70 Å². The van der Waals surface area contributed by atoms with E-state index in [9.17, 15) is 8.78 Å². The molecule has 2 aliphatic rings. The van der Waals surface area contributed by atoms with E-state index in [1.165, 1.54) is 23.3 Å². The van der Waals surface area contributed by atoms with Crippen molar-refractivity contribution in [3.63, 3.8) is 0 Å². The summed E-state index contributed by atoms with van der Waals surface area (Å²) in [6.45, 7) is 8.43. The minimum Gasteiger partial charge on any atom is -0.425 e. The molecule has 1 aromatic rings. The van der Waals surface area contributed by atoms with Gasteiger partial charge in [0.2, 0.25) is 0 Å². The van der Waals surface area contributed by atoms with Gasteiger partial charge in [-0.2, -0.15) is 8.78 Å². The summed E-state index contributed by atoms with van der Waals surface area (Å²) < 4.78 is 28.1. The van der Waals surface area contributed by atoms with Crippen LogP contribution >= 0.6 is 22.6 Å². The number of ether oxygens (including phenoxy) is 1. The van der Waals surface area contributed by atoms with E-state index in [1.54, 1.807) is 18.2 Å². The third-order valence-electron chi connectivity index (χ3n) is 6.02. The number of halogens is 3.